The van der Waals surface area contributed by atoms with Gasteiger partial charge in [0.25, 0.3) is 0 Å². The maximum atomic E-state index is 12.8. The van der Waals surface area contributed by atoms with E-state index < -0.39 is 16.1 Å². The largest absolute Gasteiger partial charge is 0.352 e. The highest BCUT2D eigenvalue weighted by Gasteiger charge is 2.31. The molecule has 0 radical (unpaired) electrons. The lowest BCUT2D eigenvalue weighted by Gasteiger charge is -2.31. The van der Waals surface area contributed by atoms with Crippen molar-refractivity contribution in [3.05, 3.63) is 29.3 Å². The molecule has 0 aromatic heterocycles. The van der Waals surface area contributed by atoms with E-state index in [-0.39, 0.29) is 11.9 Å². The summed E-state index contributed by atoms with van der Waals surface area (Å²) in [5, 5.41) is 3.07. The molecule has 0 heterocycles. The molecule has 0 spiro atoms. The standard InChI is InChI=1S/C19H30N2O3S/c1-14-11-12-15(2)18(13-14)21(25(4,23)24)16(3)19(22)20-17-9-7-5-6-8-10-17/h11-13,16-17H,5-10H2,1-4H3,(H,20,22)/t16-/m1/s1. The minimum absolute atomic E-state index is 0.150. The van der Waals surface area contributed by atoms with Gasteiger partial charge in [0, 0.05) is 6.04 Å². The zero-order valence-corrected chi connectivity index (χ0v) is 16.5. The summed E-state index contributed by atoms with van der Waals surface area (Å²) >= 11 is 0. The molecule has 1 saturated carbocycles. The first-order valence-corrected chi connectivity index (χ1v) is 10.9. The highest BCUT2D eigenvalue weighted by Crippen LogP contribution is 2.26. The second-order valence-electron chi connectivity index (χ2n) is 7.22. The van der Waals surface area contributed by atoms with Crippen molar-refractivity contribution in [2.24, 2.45) is 0 Å². The molecule has 0 unspecified atom stereocenters. The predicted molar refractivity (Wildman–Crippen MR) is 102 cm³/mol. The van der Waals surface area contributed by atoms with E-state index in [0.717, 1.165) is 43.1 Å². The lowest BCUT2D eigenvalue weighted by Crippen LogP contribution is -2.50. The average molecular weight is 367 g/mol. The minimum Gasteiger partial charge on any atom is -0.352 e. The zero-order chi connectivity index (χ0) is 18.6. The summed E-state index contributed by atoms with van der Waals surface area (Å²) in [6, 6.07) is 5.02. The molecule has 1 aromatic rings. The first-order chi connectivity index (χ1) is 11.7. The molecule has 1 fully saturated rings. The van der Waals surface area contributed by atoms with Crippen LogP contribution in [0.2, 0.25) is 0 Å². The third kappa shape index (κ3) is 5.21. The summed E-state index contributed by atoms with van der Waals surface area (Å²) < 4.78 is 26.1. The molecule has 1 N–H and O–H groups in total. The molecular formula is C19H30N2O3S. The van der Waals surface area contributed by atoms with Crippen LogP contribution >= 0.6 is 0 Å². The number of carbonyl (C=O) groups excluding carboxylic acids is 1. The number of anilines is 1. The van der Waals surface area contributed by atoms with Gasteiger partial charge < -0.3 is 5.32 Å². The fraction of sp³-hybridized carbons (Fsp3) is 0.632. The van der Waals surface area contributed by atoms with Gasteiger partial charge in [-0.1, -0.05) is 37.8 Å². The van der Waals surface area contributed by atoms with Crippen molar-refractivity contribution in [1.82, 2.24) is 5.32 Å². The van der Waals surface area contributed by atoms with Crippen LogP contribution in [0.25, 0.3) is 0 Å². The van der Waals surface area contributed by atoms with Gasteiger partial charge >= 0.3 is 0 Å². The Bertz CT molecular complexity index is 707. The number of amides is 1. The molecule has 0 saturated heterocycles. The van der Waals surface area contributed by atoms with E-state index in [0.29, 0.717) is 5.69 Å². The topological polar surface area (TPSA) is 66.5 Å². The fourth-order valence-corrected chi connectivity index (χ4v) is 4.71. The number of carbonyl (C=O) groups is 1. The van der Waals surface area contributed by atoms with Gasteiger partial charge in [-0.15, -0.1) is 0 Å². The van der Waals surface area contributed by atoms with E-state index in [4.69, 9.17) is 0 Å². The van der Waals surface area contributed by atoms with Crippen LogP contribution in [0.4, 0.5) is 5.69 Å². The molecule has 1 aliphatic rings. The number of nitrogens with one attached hydrogen (secondary N) is 1. The van der Waals surface area contributed by atoms with Gasteiger partial charge in [-0.05, 0) is 50.8 Å². The SMILES string of the molecule is Cc1ccc(C)c(N([C@H](C)C(=O)NC2CCCCCC2)S(C)(=O)=O)c1. The second-order valence-corrected chi connectivity index (χ2v) is 9.08. The Morgan fingerprint density at radius 3 is 2.32 bits per heavy atom. The Kier molecular flexibility index (Phi) is 6.49. The van der Waals surface area contributed by atoms with Crippen LogP contribution in [0, 0.1) is 13.8 Å². The van der Waals surface area contributed by atoms with E-state index in [1.165, 1.54) is 17.1 Å². The van der Waals surface area contributed by atoms with Crippen molar-refractivity contribution in [3.8, 4) is 0 Å². The molecule has 6 heteroatoms. The third-order valence-electron chi connectivity index (χ3n) is 4.89. The summed E-state index contributed by atoms with van der Waals surface area (Å²) in [5.41, 5.74) is 2.38. The van der Waals surface area contributed by atoms with Gasteiger partial charge in [0.2, 0.25) is 15.9 Å². The van der Waals surface area contributed by atoms with Crippen LogP contribution in [0.5, 0.6) is 0 Å². The van der Waals surface area contributed by atoms with Crippen molar-refractivity contribution in [2.75, 3.05) is 10.6 Å². The molecule has 140 valence electrons. The Morgan fingerprint density at radius 1 is 1.16 bits per heavy atom. The number of sulfonamides is 1. The second kappa shape index (κ2) is 8.21. The Balaban J connectivity index is 2.25. The average Bonchev–Trinajstić information content (AvgIpc) is 2.78. The Hall–Kier alpha value is -1.56. The lowest BCUT2D eigenvalue weighted by molar-refractivity contribution is -0.122. The summed E-state index contributed by atoms with van der Waals surface area (Å²) in [6.45, 7) is 5.44. The van der Waals surface area contributed by atoms with Gasteiger partial charge in [0.15, 0.2) is 0 Å². The van der Waals surface area contributed by atoms with Crippen LogP contribution in [0.3, 0.4) is 0 Å². The molecule has 0 aliphatic heterocycles. The van der Waals surface area contributed by atoms with Crippen LogP contribution in [0.1, 0.15) is 56.6 Å². The van der Waals surface area contributed by atoms with E-state index in [1.807, 2.05) is 32.0 Å². The van der Waals surface area contributed by atoms with Gasteiger partial charge in [-0.25, -0.2) is 8.42 Å². The first-order valence-electron chi connectivity index (χ1n) is 9.07. The van der Waals surface area contributed by atoms with E-state index in [9.17, 15) is 13.2 Å². The van der Waals surface area contributed by atoms with Gasteiger partial charge in [-0.3, -0.25) is 9.10 Å². The smallest absolute Gasteiger partial charge is 0.243 e. The fourth-order valence-electron chi connectivity index (χ4n) is 3.48. The van der Waals surface area contributed by atoms with Crippen LogP contribution in [0.15, 0.2) is 18.2 Å². The molecule has 5 nitrogen and oxygen atoms in total. The highest BCUT2D eigenvalue weighted by molar-refractivity contribution is 7.92. The van der Waals surface area contributed by atoms with Crippen molar-refractivity contribution in [3.63, 3.8) is 0 Å². The number of rotatable bonds is 5. The van der Waals surface area contributed by atoms with Crippen molar-refractivity contribution < 1.29 is 13.2 Å². The molecule has 1 aromatic carbocycles. The lowest BCUT2D eigenvalue weighted by atomic mass is 10.1. The van der Waals surface area contributed by atoms with E-state index in [1.54, 1.807) is 6.92 Å². The Morgan fingerprint density at radius 2 is 1.76 bits per heavy atom. The molecule has 25 heavy (non-hydrogen) atoms. The summed E-state index contributed by atoms with van der Waals surface area (Å²) in [7, 11) is -3.58. The van der Waals surface area contributed by atoms with Gasteiger partial charge in [0.1, 0.15) is 6.04 Å². The van der Waals surface area contributed by atoms with E-state index >= 15 is 0 Å². The first kappa shape index (κ1) is 19.8. The Labute approximate surface area is 151 Å². The number of benzene rings is 1. The third-order valence-corrected chi connectivity index (χ3v) is 6.12. The number of aryl methyl sites for hydroxylation is 2. The quantitative estimate of drug-likeness (QED) is 0.813. The van der Waals surface area contributed by atoms with Gasteiger partial charge in [0.05, 0.1) is 11.9 Å². The maximum absolute atomic E-state index is 12.8. The van der Waals surface area contributed by atoms with Crippen molar-refractivity contribution in [2.45, 2.75) is 71.4 Å². The predicted octanol–water partition coefficient (Wildman–Crippen LogP) is 3.30. The van der Waals surface area contributed by atoms with Gasteiger partial charge in [-0.2, -0.15) is 0 Å². The number of nitrogens with zero attached hydrogens (tertiary/aromatic N) is 1. The number of hydrogen-bond donors (Lipinski definition) is 1. The molecule has 1 atom stereocenters. The zero-order valence-electron chi connectivity index (χ0n) is 15.7. The van der Waals surface area contributed by atoms with E-state index in [2.05, 4.69) is 5.32 Å². The number of hydrogen-bond acceptors (Lipinski definition) is 3. The molecular weight excluding hydrogens is 336 g/mol. The molecule has 1 aliphatic carbocycles. The monoisotopic (exact) mass is 366 g/mol. The highest BCUT2D eigenvalue weighted by atomic mass is 32.2. The summed E-state index contributed by atoms with van der Waals surface area (Å²) in [6.07, 6.45) is 7.75. The summed E-state index contributed by atoms with van der Waals surface area (Å²) in [5.74, 6) is -0.224. The minimum atomic E-state index is -3.58. The molecule has 1 amide bonds. The molecule has 0 bridgehead atoms. The van der Waals surface area contributed by atoms with Crippen molar-refractivity contribution in [1.29, 1.82) is 0 Å². The van der Waals surface area contributed by atoms with Crippen LogP contribution in [-0.4, -0.2) is 32.7 Å². The van der Waals surface area contributed by atoms with Crippen LogP contribution < -0.4 is 9.62 Å². The van der Waals surface area contributed by atoms with Crippen molar-refractivity contribution >= 4 is 21.6 Å². The maximum Gasteiger partial charge on any atom is 0.243 e. The normalized spacial score (nSPS) is 17.6. The molecule has 2 rings (SSSR count). The van der Waals surface area contributed by atoms with Crippen LogP contribution in [-0.2, 0) is 14.8 Å². The summed E-state index contributed by atoms with van der Waals surface area (Å²) in [4.78, 5) is 12.8.